The Bertz CT molecular complexity index is 1470. The van der Waals surface area contributed by atoms with Crippen molar-refractivity contribution < 1.29 is 32.2 Å². The normalized spacial score (nSPS) is 18.4. The molecule has 2 N–H and O–H groups in total. The van der Waals surface area contributed by atoms with Crippen molar-refractivity contribution >= 4 is 27.5 Å². The number of hydrogen-bond donors (Lipinski definition) is 2. The van der Waals surface area contributed by atoms with Gasteiger partial charge in [0.05, 0.1) is 41.5 Å². The molecule has 11 nitrogen and oxygen atoms in total. The lowest BCUT2D eigenvalue weighted by atomic mass is 9.99. The molecule has 0 saturated carbocycles. The summed E-state index contributed by atoms with van der Waals surface area (Å²) in [7, 11) is -2.62. The van der Waals surface area contributed by atoms with Crippen molar-refractivity contribution in [2.24, 2.45) is 5.92 Å². The first-order chi connectivity index (χ1) is 19.0. The monoisotopic (exact) mass is 571 g/mol. The van der Waals surface area contributed by atoms with Crippen molar-refractivity contribution in [2.45, 2.75) is 30.9 Å². The minimum absolute atomic E-state index is 0.0443. The van der Waals surface area contributed by atoms with Gasteiger partial charge in [-0.3, -0.25) is 14.6 Å². The van der Waals surface area contributed by atoms with Gasteiger partial charge in [0, 0.05) is 31.9 Å². The molecule has 1 aliphatic heterocycles. The van der Waals surface area contributed by atoms with E-state index in [1.165, 1.54) is 42.7 Å². The van der Waals surface area contributed by atoms with Gasteiger partial charge in [0.25, 0.3) is 11.8 Å². The number of anilines is 1. The molecule has 1 aliphatic rings. The van der Waals surface area contributed by atoms with Crippen LogP contribution in [0.2, 0.25) is 0 Å². The molecule has 4 rings (SSSR count). The fourth-order valence-electron chi connectivity index (χ4n) is 4.30. The van der Waals surface area contributed by atoms with Gasteiger partial charge in [-0.25, -0.2) is 17.8 Å². The highest BCUT2D eigenvalue weighted by atomic mass is 32.2. The first-order valence-electron chi connectivity index (χ1n) is 12.5. The SMILES string of the molecule is C[C@H]1CN([C@@H](C)CO)C(=O)c2cccc(NC(=O)c3cnccn3)c2O[C@@H]1CN(C)S(=O)(=O)c1ccc(F)cc1. The van der Waals surface area contributed by atoms with Gasteiger partial charge in [-0.05, 0) is 43.3 Å². The fourth-order valence-corrected chi connectivity index (χ4v) is 5.48. The topological polar surface area (TPSA) is 142 Å². The molecular formula is C27H30FN5O6S. The molecule has 0 aliphatic carbocycles. The number of carbonyl (C=O) groups excluding carboxylic acids is 2. The Kier molecular flexibility index (Phi) is 8.76. The van der Waals surface area contributed by atoms with E-state index in [4.69, 9.17) is 4.74 Å². The Morgan fingerprint density at radius 1 is 1.25 bits per heavy atom. The van der Waals surface area contributed by atoms with E-state index >= 15 is 0 Å². The van der Waals surface area contributed by atoms with Crippen LogP contribution in [-0.4, -0.2) is 83.4 Å². The third-order valence-corrected chi connectivity index (χ3v) is 8.53. The maximum Gasteiger partial charge on any atom is 0.275 e. The van der Waals surface area contributed by atoms with E-state index in [9.17, 15) is 27.5 Å². The summed E-state index contributed by atoms with van der Waals surface area (Å²) in [5.74, 6) is -1.90. The van der Waals surface area contributed by atoms with Gasteiger partial charge >= 0.3 is 0 Å². The molecule has 2 aromatic carbocycles. The smallest absolute Gasteiger partial charge is 0.275 e. The lowest BCUT2D eigenvalue weighted by molar-refractivity contribution is 0.0388. The molecule has 40 heavy (non-hydrogen) atoms. The van der Waals surface area contributed by atoms with Crippen molar-refractivity contribution in [2.75, 3.05) is 32.1 Å². The van der Waals surface area contributed by atoms with Crippen LogP contribution in [0.15, 0.2) is 66.0 Å². The molecule has 0 unspecified atom stereocenters. The first-order valence-corrected chi connectivity index (χ1v) is 14.0. The van der Waals surface area contributed by atoms with Crippen LogP contribution in [0.25, 0.3) is 0 Å². The van der Waals surface area contributed by atoms with Crippen molar-refractivity contribution in [1.82, 2.24) is 19.2 Å². The summed E-state index contributed by atoms with van der Waals surface area (Å²) in [6.07, 6.45) is 3.30. The highest BCUT2D eigenvalue weighted by Crippen LogP contribution is 2.35. The lowest BCUT2D eigenvalue weighted by Gasteiger charge is -2.38. The zero-order chi connectivity index (χ0) is 29.0. The van der Waals surface area contributed by atoms with Gasteiger partial charge in [0.15, 0.2) is 5.75 Å². The molecule has 2 heterocycles. The standard InChI is InChI=1S/C27H30FN5O6S/c1-17-14-33(18(2)16-34)27(36)21-5-4-6-22(31-26(35)23-13-29-11-12-30-23)25(21)39-24(17)15-32(3)40(37,38)20-9-7-19(28)8-10-20/h4-13,17-18,24,34H,14-16H2,1-3H3,(H,31,35)/t17-,18-,24+/m0/s1. The largest absolute Gasteiger partial charge is 0.486 e. The van der Waals surface area contributed by atoms with Gasteiger partial charge in [0.1, 0.15) is 17.6 Å². The maximum atomic E-state index is 13.6. The van der Waals surface area contributed by atoms with Crippen molar-refractivity contribution in [1.29, 1.82) is 0 Å². The zero-order valence-corrected chi connectivity index (χ0v) is 23.0. The maximum absolute atomic E-state index is 13.6. The highest BCUT2D eigenvalue weighted by Gasteiger charge is 2.36. The van der Waals surface area contributed by atoms with Crippen LogP contribution in [0.3, 0.4) is 0 Å². The molecule has 0 saturated heterocycles. The molecule has 3 aromatic rings. The summed E-state index contributed by atoms with van der Waals surface area (Å²) in [6, 6.07) is 8.64. The summed E-state index contributed by atoms with van der Waals surface area (Å²) in [5, 5.41) is 12.6. The minimum atomic E-state index is -4.01. The van der Waals surface area contributed by atoms with Gasteiger partial charge in [-0.15, -0.1) is 0 Å². The lowest BCUT2D eigenvalue weighted by Crippen LogP contribution is -2.50. The van der Waals surface area contributed by atoms with Crippen LogP contribution in [0, 0.1) is 11.7 Å². The molecule has 212 valence electrons. The number of aliphatic hydroxyl groups is 1. The third kappa shape index (κ3) is 6.11. The molecule has 0 spiro atoms. The number of nitrogens with one attached hydrogen (secondary N) is 1. The van der Waals surface area contributed by atoms with E-state index in [1.54, 1.807) is 32.0 Å². The average molecular weight is 572 g/mol. The molecule has 3 atom stereocenters. The molecule has 0 bridgehead atoms. The molecule has 13 heteroatoms. The average Bonchev–Trinajstić information content (AvgIpc) is 2.95. The number of amides is 2. The second kappa shape index (κ2) is 12.1. The van der Waals surface area contributed by atoms with E-state index < -0.39 is 45.7 Å². The highest BCUT2D eigenvalue weighted by molar-refractivity contribution is 7.89. The van der Waals surface area contributed by atoms with Crippen LogP contribution < -0.4 is 10.1 Å². The Labute approximate surface area is 231 Å². The number of rotatable bonds is 8. The van der Waals surface area contributed by atoms with E-state index in [0.717, 1.165) is 16.4 Å². The Morgan fingerprint density at radius 2 is 1.98 bits per heavy atom. The number of aliphatic hydroxyl groups excluding tert-OH is 1. The van der Waals surface area contributed by atoms with Gasteiger partial charge in [0.2, 0.25) is 10.0 Å². The van der Waals surface area contributed by atoms with Gasteiger partial charge in [-0.2, -0.15) is 4.31 Å². The van der Waals surface area contributed by atoms with E-state index in [0.29, 0.717) is 0 Å². The molecule has 0 fully saturated rings. The summed E-state index contributed by atoms with van der Waals surface area (Å²) in [6.45, 7) is 3.26. The van der Waals surface area contributed by atoms with Crippen molar-refractivity contribution in [3.05, 3.63) is 78.1 Å². The molecular weight excluding hydrogens is 541 g/mol. The Morgan fingerprint density at radius 3 is 2.62 bits per heavy atom. The van der Waals surface area contributed by atoms with E-state index in [1.807, 2.05) is 0 Å². The zero-order valence-electron chi connectivity index (χ0n) is 22.2. The number of sulfonamides is 1. The minimum Gasteiger partial charge on any atom is -0.486 e. The third-order valence-electron chi connectivity index (χ3n) is 6.69. The molecule has 0 radical (unpaired) electrons. The predicted molar refractivity (Wildman–Crippen MR) is 144 cm³/mol. The molecule has 2 amide bonds. The quantitative estimate of drug-likeness (QED) is 0.420. The second-order valence-corrected chi connectivity index (χ2v) is 11.6. The van der Waals surface area contributed by atoms with E-state index in [-0.39, 0.29) is 47.3 Å². The number of fused-ring (bicyclic) bond motifs is 1. The van der Waals surface area contributed by atoms with Crippen molar-refractivity contribution in [3.8, 4) is 5.75 Å². The number of nitrogens with zero attached hydrogens (tertiary/aromatic N) is 4. The number of carbonyl (C=O) groups is 2. The van der Waals surface area contributed by atoms with Crippen LogP contribution in [0.5, 0.6) is 5.75 Å². The second-order valence-electron chi connectivity index (χ2n) is 9.59. The number of ether oxygens (including phenoxy) is 1. The first kappa shape index (κ1) is 29.1. The molecule has 1 aromatic heterocycles. The number of hydrogen-bond acceptors (Lipinski definition) is 8. The van der Waals surface area contributed by atoms with Crippen LogP contribution in [-0.2, 0) is 10.0 Å². The summed E-state index contributed by atoms with van der Waals surface area (Å²) in [5.41, 5.74) is 0.363. The number of para-hydroxylation sites is 1. The number of halogens is 1. The summed E-state index contributed by atoms with van der Waals surface area (Å²) < 4.78 is 47.3. The van der Waals surface area contributed by atoms with Crippen molar-refractivity contribution in [3.63, 3.8) is 0 Å². The van der Waals surface area contributed by atoms with Crippen LogP contribution in [0.1, 0.15) is 34.7 Å². The Hall–Kier alpha value is -3.94. The van der Waals surface area contributed by atoms with Gasteiger partial charge in [-0.1, -0.05) is 13.0 Å². The Balaban J connectivity index is 1.72. The number of likely N-dealkylation sites (N-methyl/N-ethyl adjacent to an activating group) is 1. The van der Waals surface area contributed by atoms with E-state index in [2.05, 4.69) is 15.3 Å². The number of aromatic nitrogens is 2. The van der Waals surface area contributed by atoms with Crippen LogP contribution >= 0.6 is 0 Å². The van der Waals surface area contributed by atoms with Crippen LogP contribution in [0.4, 0.5) is 10.1 Å². The fraction of sp³-hybridized carbons (Fsp3) is 0.333. The number of benzene rings is 2. The summed E-state index contributed by atoms with van der Waals surface area (Å²) in [4.78, 5) is 35.8. The summed E-state index contributed by atoms with van der Waals surface area (Å²) >= 11 is 0. The van der Waals surface area contributed by atoms with Gasteiger partial charge < -0.3 is 20.1 Å². The predicted octanol–water partition coefficient (Wildman–Crippen LogP) is 2.41.